The number of rotatable bonds is 15. The summed E-state index contributed by atoms with van der Waals surface area (Å²) in [7, 11) is 1.64. The maximum Gasteiger partial charge on any atom is 0.250 e. The van der Waals surface area contributed by atoms with Gasteiger partial charge in [-0.15, -0.1) is 0 Å². The van der Waals surface area contributed by atoms with Gasteiger partial charge in [0.15, 0.2) is 0 Å². The van der Waals surface area contributed by atoms with E-state index in [1.165, 1.54) is 32.1 Å². The van der Waals surface area contributed by atoms with Crippen LogP contribution in [-0.4, -0.2) is 79.6 Å². The fourth-order valence-electron chi connectivity index (χ4n) is 5.51. The summed E-state index contributed by atoms with van der Waals surface area (Å²) in [6.45, 7) is 4.89. The van der Waals surface area contributed by atoms with Gasteiger partial charge in [0, 0.05) is 45.5 Å². The SMILES string of the molecule is CCCCCCCCCC(=O)N1CCC2(CC1)C(=O)N(CC(=O)NCCCOC)CN2c1ccccc1. The third-order valence-corrected chi connectivity index (χ3v) is 7.70. The summed E-state index contributed by atoms with van der Waals surface area (Å²) in [6.07, 6.45) is 10.8. The molecule has 1 N–H and O–H groups in total. The van der Waals surface area contributed by atoms with Crippen LogP contribution in [0, 0.1) is 0 Å². The van der Waals surface area contributed by atoms with E-state index >= 15 is 0 Å². The Labute approximate surface area is 222 Å². The molecule has 0 aromatic heterocycles. The van der Waals surface area contributed by atoms with Gasteiger partial charge in [-0.1, -0.05) is 63.6 Å². The van der Waals surface area contributed by atoms with E-state index in [0.717, 1.165) is 24.9 Å². The summed E-state index contributed by atoms with van der Waals surface area (Å²) >= 11 is 0. The minimum Gasteiger partial charge on any atom is -0.385 e. The minimum absolute atomic E-state index is 0.0115. The molecule has 8 heteroatoms. The van der Waals surface area contributed by atoms with Gasteiger partial charge in [0.25, 0.3) is 5.91 Å². The molecule has 2 heterocycles. The molecule has 0 bridgehead atoms. The monoisotopic (exact) mass is 514 g/mol. The number of unbranched alkanes of at least 4 members (excludes halogenated alkanes) is 6. The Hall–Kier alpha value is -2.61. The fourth-order valence-corrected chi connectivity index (χ4v) is 5.51. The second-order valence-corrected chi connectivity index (χ2v) is 10.4. The molecule has 8 nitrogen and oxygen atoms in total. The highest BCUT2D eigenvalue weighted by atomic mass is 16.5. The van der Waals surface area contributed by atoms with Crippen molar-refractivity contribution in [2.24, 2.45) is 0 Å². The molecule has 0 unspecified atom stereocenters. The molecule has 37 heavy (non-hydrogen) atoms. The van der Waals surface area contributed by atoms with E-state index < -0.39 is 5.54 Å². The summed E-state index contributed by atoms with van der Waals surface area (Å²) in [5.41, 5.74) is 0.259. The number of likely N-dealkylation sites (tertiary alicyclic amines) is 1. The fraction of sp³-hybridized carbons (Fsp3) is 0.690. The number of benzene rings is 1. The maximum atomic E-state index is 13.8. The number of ether oxygens (including phenoxy) is 1. The lowest BCUT2D eigenvalue weighted by Gasteiger charge is -2.43. The van der Waals surface area contributed by atoms with Crippen molar-refractivity contribution in [1.82, 2.24) is 15.1 Å². The maximum absolute atomic E-state index is 13.8. The van der Waals surface area contributed by atoms with Crippen molar-refractivity contribution < 1.29 is 19.1 Å². The summed E-state index contributed by atoms with van der Waals surface area (Å²) in [6, 6.07) is 9.94. The summed E-state index contributed by atoms with van der Waals surface area (Å²) in [5, 5.41) is 2.89. The smallest absolute Gasteiger partial charge is 0.250 e. The van der Waals surface area contributed by atoms with Gasteiger partial charge in [0.05, 0.1) is 6.67 Å². The van der Waals surface area contributed by atoms with Crippen LogP contribution in [-0.2, 0) is 19.1 Å². The van der Waals surface area contributed by atoms with Crippen molar-refractivity contribution in [1.29, 1.82) is 0 Å². The molecule has 1 aromatic rings. The van der Waals surface area contributed by atoms with Gasteiger partial charge < -0.3 is 24.8 Å². The lowest BCUT2D eigenvalue weighted by Crippen LogP contribution is -2.57. The van der Waals surface area contributed by atoms with E-state index in [4.69, 9.17) is 4.74 Å². The number of nitrogens with one attached hydrogen (secondary N) is 1. The Morgan fingerprint density at radius 1 is 0.973 bits per heavy atom. The third-order valence-electron chi connectivity index (χ3n) is 7.70. The standard InChI is InChI=1S/C29H46N4O4/c1-3-4-5-6-7-8-12-16-27(35)31-20-17-29(18-21-31)28(36)32(23-26(34)30-19-13-22-37-2)24-33(29)25-14-10-9-11-15-25/h9-11,14-15H,3-8,12-13,16-24H2,1-2H3,(H,30,34). The van der Waals surface area contributed by atoms with E-state index in [1.807, 2.05) is 35.2 Å². The van der Waals surface area contributed by atoms with Crippen LogP contribution < -0.4 is 10.2 Å². The first kappa shape index (κ1) is 29.0. The number of piperidine rings is 1. The second kappa shape index (κ2) is 15.0. The number of para-hydroxylation sites is 1. The zero-order valence-corrected chi connectivity index (χ0v) is 22.9. The van der Waals surface area contributed by atoms with Crippen LogP contribution in [0.15, 0.2) is 30.3 Å². The number of anilines is 1. The van der Waals surface area contributed by atoms with E-state index in [2.05, 4.69) is 17.1 Å². The number of carbonyl (C=O) groups excluding carboxylic acids is 3. The predicted octanol–water partition coefficient (Wildman–Crippen LogP) is 3.95. The molecule has 2 aliphatic rings. The normalized spacial score (nSPS) is 17.0. The zero-order valence-electron chi connectivity index (χ0n) is 22.9. The molecule has 2 aliphatic heterocycles. The van der Waals surface area contributed by atoms with Crippen molar-refractivity contribution in [3.8, 4) is 0 Å². The number of carbonyl (C=O) groups is 3. The van der Waals surface area contributed by atoms with Crippen LogP contribution in [0.3, 0.4) is 0 Å². The van der Waals surface area contributed by atoms with Crippen LogP contribution in [0.2, 0.25) is 0 Å². The van der Waals surface area contributed by atoms with Crippen LogP contribution in [0.5, 0.6) is 0 Å². The molecule has 206 valence electrons. The molecule has 0 radical (unpaired) electrons. The van der Waals surface area contributed by atoms with Crippen molar-refractivity contribution in [3.05, 3.63) is 30.3 Å². The average Bonchev–Trinajstić information content (AvgIpc) is 3.17. The molecule has 1 aromatic carbocycles. The predicted molar refractivity (Wildman–Crippen MR) is 146 cm³/mol. The largest absolute Gasteiger partial charge is 0.385 e. The first-order chi connectivity index (χ1) is 18.0. The lowest BCUT2D eigenvalue weighted by atomic mass is 9.85. The number of nitrogens with zero attached hydrogens (tertiary/aromatic N) is 3. The molecule has 3 amide bonds. The van der Waals surface area contributed by atoms with Crippen molar-refractivity contribution >= 4 is 23.4 Å². The zero-order chi connectivity index (χ0) is 26.5. The number of hydrogen-bond donors (Lipinski definition) is 1. The van der Waals surface area contributed by atoms with Gasteiger partial charge in [-0.05, 0) is 37.8 Å². The minimum atomic E-state index is -0.715. The highest BCUT2D eigenvalue weighted by Crippen LogP contribution is 2.39. The molecular weight excluding hydrogens is 468 g/mol. The van der Waals surface area contributed by atoms with Gasteiger partial charge in [0.2, 0.25) is 11.8 Å². The van der Waals surface area contributed by atoms with Crippen LogP contribution in [0.25, 0.3) is 0 Å². The van der Waals surface area contributed by atoms with Crippen LogP contribution in [0.4, 0.5) is 5.69 Å². The van der Waals surface area contributed by atoms with Gasteiger partial charge in [-0.2, -0.15) is 0 Å². The number of amides is 3. The van der Waals surface area contributed by atoms with Crippen LogP contribution in [0.1, 0.15) is 77.6 Å². The van der Waals surface area contributed by atoms with Gasteiger partial charge in [0.1, 0.15) is 12.1 Å². The molecule has 3 rings (SSSR count). The number of hydrogen-bond acceptors (Lipinski definition) is 5. The Balaban J connectivity index is 1.57. The topological polar surface area (TPSA) is 82.2 Å². The molecular formula is C29H46N4O4. The Morgan fingerprint density at radius 3 is 2.32 bits per heavy atom. The van der Waals surface area contributed by atoms with Gasteiger partial charge in [-0.25, -0.2) is 0 Å². The molecule has 2 saturated heterocycles. The van der Waals surface area contributed by atoms with Crippen molar-refractivity contribution in [2.45, 2.75) is 83.1 Å². The van der Waals surface area contributed by atoms with Gasteiger partial charge in [-0.3, -0.25) is 14.4 Å². The summed E-state index contributed by atoms with van der Waals surface area (Å²) < 4.78 is 5.03. The van der Waals surface area contributed by atoms with Crippen molar-refractivity contribution in [3.63, 3.8) is 0 Å². The van der Waals surface area contributed by atoms with E-state index in [-0.39, 0.29) is 24.3 Å². The Morgan fingerprint density at radius 2 is 1.65 bits per heavy atom. The molecule has 0 saturated carbocycles. The summed E-state index contributed by atoms with van der Waals surface area (Å²) in [5.74, 6) is 0.0341. The molecule has 0 aliphatic carbocycles. The molecule has 2 fully saturated rings. The van der Waals surface area contributed by atoms with E-state index in [1.54, 1.807) is 12.0 Å². The first-order valence-electron chi connectivity index (χ1n) is 14.2. The first-order valence-corrected chi connectivity index (χ1v) is 14.2. The third kappa shape index (κ3) is 7.94. The Bertz CT molecular complexity index is 855. The highest BCUT2D eigenvalue weighted by molar-refractivity contribution is 5.96. The molecule has 0 atom stereocenters. The highest BCUT2D eigenvalue weighted by Gasteiger charge is 2.54. The Kier molecular flexibility index (Phi) is 11.7. The quantitative estimate of drug-likeness (QED) is 0.359. The second-order valence-electron chi connectivity index (χ2n) is 10.4. The molecule has 1 spiro atoms. The average molecular weight is 515 g/mol. The van der Waals surface area contributed by atoms with E-state index in [9.17, 15) is 14.4 Å². The number of methoxy groups -OCH3 is 1. The van der Waals surface area contributed by atoms with Crippen molar-refractivity contribution in [2.75, 3.05) is 51.5 Å². The van der Waals surface area contributed by atoms with E-state index in [0.29, 0.717) is 52.2 Å². The van der Waals surface area contributed by atoms with Gasteiger partial charge >= 0.3 is 0 Å². The summed E-state index contributed by atoms with van der Waals surface area (Å²) in [4.78, 5) is 44.9. The lowest BCUT2D eigenvalue weighted by molar-refractivity contribution is -0.140. The van der Waals surface area contributed by atoms with Crippen LogP contribution >= 0.6 is 0 Å².